The molecule has 1 saturated heterocycles. The van der Waals surface area contributed by atoms with Crippen molar-refractivity contribution in [1.29, 1.82) is 0 Å². The van der Waals surface area contributed by atoms with Gasteiger partial charge in [0.1, 0.15) is 5.69 Å². The topological polar surface area (TPSA) is 45.2 Å². The van der Waals surface area contributed by atoms with Crippen molar-refractivity contribution in [3.05, 3.63) is 42.1 Å². The summed E-state index contributed by atoms with van der Waals surface area (Å²) >= 11 is 0. The molecule has 2 aromatic rings. The second kappa shape index (κ2) is 8.32. The highest BCUT2D eigenvalue weighted by molar-refractivity contribution is 5.94. The fourth-order valence-corrected chi connectivity index (χ4v) is 2.73. The number of carbonyl (C=O) groups is 1. The molecule has 1 aliphatic rings. The second-order valence-corrected chi connectivity index (χ2v) is 5.29. The Morgan fingerprint density at radius 1 is 1.14 bits per heavy atom. The zero-order valence-electron chi connectivity index (χ0n) is 12.5. The van der Waals surface area contributed by atoms with Crippen LogP contribution in [-0.4, -0.2) is 42.0 Å². The summed E-state index contributed by atoms with van der Waals surface area (Å²) in [6.07, 6.45) is 2.02. The molecule has 1 aliphatic heterocycles. The van der Waals surface area contributed by atoms with Gasteiger partial charge in [0.2, 0.25) is 0 Å². The predicted molar refractivity (Wildman–Crippen MR) is 94.2 cm³/mol. The summed E-state index contributed by atoms with van der Waals surface area (Å²) in [6.45, 7) is 1.96. The number of fused-ring (bicyclic) bond motifs is 1. The van der Waals surface area contributed by atoms with Crippen molar-refractivity contribution >= 4 is 41.6 Å². The van der Waals surface area contributed by atoms with Crippen molar-refractivity contribution in [3.63, 3.8) is 0 Å². The monoisotopic (exact) mass is 341 g/mol. The number of amides is 1. The number of benzene rings is 1. The molecule has 1 fully saturated rings. The van der Waals surface area contributed by atoms with Crippen LogP contribution in [0.1, 0.15) is 23.3 Å². The van der Waals surface area contributed by atoms with E-state index in [-0.39, 0.29) is 30.7 Å². The van der Waals surface area contributed by atoms with Crippen LogP contribution in [0.5, 0.6) is 0 Å². The Kier molecular flexibility index (Phi) is 7.07. The van der Waals surface area contributed by atoms with Crippen molar-refractivity contribution in [2.45, 2.75) is 18.9 Å². The van der Waals surface area contributed by atoms with Crippen molar-refractivity contribution in [1.82, 2.24) is 15.2 Å². The minimum atomic E-state index is 0. The molecule has 1 aromatic carbocycles. The molecule has 6 heteroatoms. The molecule has 0 unspecified atom stereocenters. The average molecular weight is 342 g/mol. The maximum absolute atomic E-state index is 12.5. The Balaban J connectivity index is 0.00000121. The van der Waals surface area contributed by atoms with E-state index >= 15 is 0 Å². The third-order valence-electron chi connectivity index (χ3n) is 3.99. The summed E-state index contributed by atoms with van der Waals surface area (Å²) in [5.41, 5.74) is 1.40. The minimum Gasteiger partial charge on any atom is -0.337 e. The molecule has 1 amide bonds. The summed E-state index contributed by atoms with van der Waals surface area (Å²) in [7, 11) is 1.88. The van der Waals surface area contributed by atoms with Crippen LogP contribution >= 0.6 is 24.8 Å². The molecular weight excluding hydrogens is 321 g/mol. The molecule has 0 radical (unpaired) electrons. The first-order valence-corrected chi connectivity index (χ1v) is 7.09. The molecule has 4 nitrogen and oxygen atoms in total. The fraction of sp³-hybridized carbons (Fsp3) is 0.375. The van der Waals surface area contributed by atoms with Gasteiger partial charge in [0.05, 0.1) is 5.52 Å². The highest BCUT2D eigenvalue weighted by Gasteiger charge is 2.23. The molecule has 0 saturated carbocycles. The number of pyridine rings is 1. The quantitative estimate of drug-likeness (QED) is 0.913. The van der Waals surface area contributed by atoms with Crippen LogP contribution in [0, 0.1) is 0 Å². The van der Waals surface area contributed by atoms with Gasteiger partial charge in [-0.1, -0.05) is 24.3 Å². The smallest absolute Gasteiger partial charge is 0.272 e. The number of nitrogens with zero attached hydrogens (tertiary/aromatic N) is 2. The lowest BCUT2D eigenvalue weighted by atomic mass is 10.0. The molecule has 1 N–H and O–H groups in total. The Morgan fingerprint density at radius 2 is 1.82 bits per heavy atom. The van der Waals surface area contributed by atoms with Gasteiger partial charge < -0.3 is 10.2 Å². The number of rotatable bonds is 2. The van der Waals surface area contributed by atoms with Crippen LogP contribution < -0.4 is 5.32 Å². The van der Waals surface area contributed by atoms with E-state index in [4.69, 9.17) is 0 Å². The van der Waals surface area contributed by atoms with Crippen molar-refractivity contribution in [2.24, 2.45) is 0 Å². The number of para-hydroxylation sites is 1. The Hall–Kier alpha value is -1.36. The molecule has 0 bridgehead atoms. The lowest BCUT2D eigenvalue weighted by Crippen LogP contribution is -2.44. The van der Waals surface area contributed by atoms with Crippen LogP contribution in [0.3, 0.4) is 0 Å². The van der Waals surface area contributed by atoms with Crippen molar-refractivity contribution < 1.29 is 4.79 Å². The van der Waals surface area contributed by atoms with Gasteiger partial charge in [0.15, 0.2) is 0 Å². The van der Waals surface area contributed by atoms with Gasteiger partial charge in [-0.3, -0.25) is 4.79 Å². The number of nitrogens with one attached hydrogen (secondary N) is 1. The summed E-state index contributed by atoms with van der Waals surface area (Å²) in [5, 5.41) is 4.38. The van der Waals surface area contributed by atoms with Gasteiger partial charge in [-0.25, -0.2) is 4.98 Å². The summed E-state index contributed by atoms with van der Waals surface area (Å²) in [6, 6.07) is 12.0. The molecule has 3 rings (SSSR count). The molecule has 120 valence electrons. The predicted octanol–water partition coefficient (Wildman–Crippen LogP) is 2.90. The van der Waals surface area contributed by atoms with E-state index in [2.05, 4.69) is 10.3 Å². The van der Waals surface area contributed by atoms with Crippen molar-refractivity contribution in [3.8, 4) is 0 Å². The fourth-order valence-electron chi connectivity index (χ4n) is 2.73. The molecule has 0 atom stereocenters. The first-order valence-electron chi connectivity index (χ1n) is 7.09. The standard InChI is InChI=1S/C16H19N3O.2ClH/c1-19(13-8-10-17-11-9-13)16(20)15-7-6-12-4-2-3-5-14(12)18-15;;/h2-7,13,17H,8-11H2,1H3;2*1H. The number of halogens is 2. The van der Waals surface area contributed by atoms with E-state index in [9.17, 15) is 4.79 Å². The third kappa shape index (κ3) is 3.88. The normalized spacial score (nSPS) is 14.8. The van der Waals surface area contributed by atoms with Crippen LogP contribution in [0.25, 0.3) is 10.9 Å². The number of piperidine rings is 1. The van der Waals surface area contributed by atoms with Crippen LogP contribution in [-0.2, 0) is 0 Å². The molecule has 0 spiro atoms. The van der Waals surface area contributed by atoms with E-state index in [1.54, 1.807) is 0 Å². The Bertz CT molecular complexity index is 630. The molecule has 22 heavy (non-hydrogen) atoms. The van der Waals surface area contributed by atoms with E-state index in [1.807, 2.05) is 48.3 Å². The second-order valence-electron chi connectivity index (χ2n) is 5.29. The number of carbonyl (C=O) groups excluding carboxylic acids is 1. The lowest BCUT2D eigenvalue weighted by Gasteiger charge is -2.31. The van der Waals surface area contributed by atoms with Gasteiger partial charge in [-0.2, -0.15) is 0 Å². The van der Waals surface area contributed by atoms with E-state index in [1.165, 1.54) is 0 Å². The van der Waals surface area contributed by atoms with Gasteiger partial charge in [0.25, 0.3) is 5.91 Å². The highest BCUT2D eigenvalue weighted by atomic mass is 35.5. The maximum Gasteiger partial charge on any atom is 0.272 e. The highest BCUT2D eigenvalue weighted by Crippen LogP contribution is 2.16. The van der Waals surface area contributed by atoms with Gasteiger partial charge in [-0.05, 0) is 38.1 Å². The third-order valence-corrected chi connectivity index (χ3v) is 3.99. The molecule has 2 heterocycles. The van der Waals surface area contributed by atoms with E-state index in [0.29, 0.717) is 11.7 Å². The summed E-state index contributed by atoms with van der Waals surface area (Å²) < 4.78 is 0. The van der Waals surface area contributed by atoms with Gasteiger partial charge in [-0.15, -0.1) is 24.8 Å². The molecular formula is C16H21Cl2N3O. The first kappa shape index (κ1) is 18.7. The van der Waals surface area contributed by atoms with Crippen molar-refractivity contribution in [2.75, 3.05) is 20.1 Å². The number of hydrogen-bond donors (Lipinski definition) is 1. The first-order chi connectivity index (χ1) is 9.75. The Labute approximate surface area is 143 Å². The zero-order chi connectivity index (χ0) is 13.9. The van der Waals surface area contributed by atoms with Gasteiger partial charge in [0, 0.05) is 18.5 Å². The van der Waals surface area contributed by atoms with Gasteiger partial charge >= 0.3 is 0 Å². The summed E-state index contributed by atoms with van der Waals surface area (Å²) in [4.78, 5) is 18.9. The minimum absolute atomic E-state index is 0. The van der Waals surface area contributed by atoms with Crippen LogP contribution in [0.15, 0.2) is 36.4 Å². The zero-order valence-corrected chi connectivity index (χ0v) is 14.1. The Morgan fingerprint density at radius 3 is 2.55 bits per heavy atom. The maximum atomic E-state index is 12.5. The SMILES string of the molecule is CN(C(=O)c1ccc2ccccc2n1)C1CCNCC1.Cl.Cl. The van der Waals surface area contributed by atoms with E-state index in [0.717, 1.165) is 36.8 Å². The van der Waals surface area contributed by atoms with Crippen LogP contribution in [0.2, 0.25) is 0 Å². The average Bonchev–Trinajstić information content (AvgIpc) is 2.54. The van der Waals surface area contributed by atoms with Crippen LogP contribution in [0.4, 0.5) is 0 Å². The van der Waals surface area contributed by atoms with E-state index < -0.39 is 0 Å². The molecule has 0 aliphatic carbocycles. The lowest BCUT2D eigenvalue weighted by molar-refractivity contribution is 0.0697. The number of hydrogen-bond acceptors (Lipinski definition) is 3. The molecule has 1 aromatic heterocycles. The number of aromatic nitrogens is 1. The largest absolute Gasteiger partial charge is 0.337 e. The summed E-state index contributed by atoms with van der Waals surface area (Å²) in [5.74, 6) is 0.0163.